The van der Waals surface area contributed by atoms with Crippen LogP contribution in [-0.2, 0) is 9.84 Å². The molecule has 18 heavy (non-hydrogen) atoms. The van der Waals surface area contributed by atoms with Crippen LogP contribution in [0.1, 0.15) is 0 Å². The zero-order valence-electron chi connectivity index (χ0n) is 9.41. The standard InChI is InChI=1S/C8H11N3O2S.CH2O3/c1-14(12,13)7-4-2-6(3-5-7)11-8(9)10;2-1(3)4/h2-5H,1H3,(H4,9,10,11);(H2,2,3,4). The molecule has 0 spiro atoms. The molecule has 100 valence electrons. The van der Waals surface area contributed by atoms with Gasteiger partial charge in [0.25, 0.3) is 0 Å². The number of rotatable bonds is 2. The Morgan fingerprint density at radius 3 is 1.94 bits per heavy atom. The molecule has 0 saturated heterocycles. The molecule has 0 amide bonds. The number of carbonyl (C=O) groups is 1. The highest BCUT2D eigenvalue weighted by Gasteiger charge is 2.05. The van der Waals surface area contributed by atoms with Crippen LogP contribution < -0.4 is 11.1 Å². The average Bonchev–Trinajstić information content (AvgIpc) is 2.14. The molecule has 0 unspecified atom stereocenters. The Labute approximate surface area is 103 Å². The average molecular weight is 275 g/mol. The van der Waals surface area contributed by atoms with Crippen molar-refractivity contribution in [2.75, 3.05) is 11.6 Å². The van der Waals surface area contributed by atoms with E-state index in [0.29, 0.717) is 5.69 Å². The van der Waals surface area contributed by atoms with Crippen molar-refractivity contribution < 1.29 is 23.4 Å². The van der Waals surface area contributed by atoms with Crippen molar-refractivity contribution in [2.45, 2.75) is 4.90 Å². The molecule has 9 heteroatoms. The van der Waals surface area contributed by atoms with E-state index in [1.165, 1.54) is 12.1 Å². The zero-order valence-corrected chi connectivity index (χ0v) is 10.2. The van der Waals surface area contributed by atoms with Gasteiger partial charge in [-0.25, -0.2) is 13.2 Å². The van der Waals surface area contributed by atoms with Crippen LogP contribution in [0.5, 0.6) is 0 Å². The number of benzene rings is 1. The molecule has 0 atom stereocenters. The fourth-order valence-corrected chi connectivity index (χ4v) is 1.57. The van der Waals surface area contributed by atoms with Crippen LogP contribution in [0, 0.1) is 5.41 Å². The Bertz CT molecular complexity index is 520. The van der Waals surface area contributed by atoms with Gasteiger partial charge in [0.15, 0.2) is 15.8 Å². The molecule has 0 fully saturated rings. The summed E-state index contributed by atoms with van der Waals surface area (Å²) < 4.78 is 22.2. The maximum Gasteiger partial charge on any atom is 0.503 e. The fourth-order valence-electron chi connectivity index (χ4n) is 0.941. The van der Waals surface area contributed by atoms with Gasteiger partial charge in [-0.1, -0.05) is 0 Å². The second-order valence-corrected chi connectivity index (χ2v) is 5.13. The minimum absolute atomic E-state index is 0.183. The normalized spacial score (nSPS) is 9.83. The van der Waals surface area contributed by atoms with Crippen molar-refractivity contribution >= 4 is 27.6 Å². The number of anilines is 1. The summed E-state index contributed by atoms with van der Waals surface area (Å²) in [7, 11) is -3.16. The van der Waals surface area contributed by atoms with Gasteiger partial charge in [0.2, 0.25) is 0 Å². The molecule has 0 radical (unpaired) electrons. The number of sulfone groups is 1. The van der Waals surface area contributed by atoms with Crippen molar-refractivity contribution in [3.05, 3.63) is 24.3 Å². The SMILES string of the molecule is CS(=O)(=O)c1ccc(NC(=N)N)cc1.O=C(O)O. The van der Waals surface area contributed by atoms with Gasteiger partial charge in [0.1, 0.15) is 0 Å². The van der Waals surface area contributed by atoms with Crippen molar-refractivity contribution in [2.24, 2.45) is 5.73 Å². The first kappa shape index (κ1) is 15.7. The Balaban J connectivity index is 0.000000631. The number of nitrogens with one attached hydrogen (secondary N) is 2. The van der Waals surface area contributed by atoms with Gasteiger partial charge in [-0.05, 0) is 24.3 Å². The van der Waals surface area contributed by atoms with E-state index in [4.69, 9.17) is 26.2 Å². The summed E-state index contributed by atoms with van der Waals surface area (Å²) in [5.74, 6) is -0.183. The first-order valence-corrected chi connectivity index (χ1v) is 6.35. The molecule has 0 aliphatic heterocycles. The van der Waals surface area contributed by atoms with Crippen LogP contribution in [0.25, 0.3) is 0 Å². The Hall–Kier alpha value is -2.29. The predicted molar refractivity (Wildman–Crippen MR) is 65.7 cm³/mol. The van der Waals surface area contributed by atoms with E-state index in [-0.39, 0.29) is 10.9 Å². The molecule has 1 aromatic carbocycles. The van der Waals surface area contributed by atoms with Crippen molar-refractivity contribution in [1.29, 1.82) is 5.41 Å². The summed E-state index contributed by atoms with van der Waals surface area (Å²) in [4.78, 5) is 8.80. The maximum absolute atomic E-state index is 11.1. The summed E-state index contributed by atoms with van der Waals surface area (Å²) in [6.07, 6.45) is -0.694. The lowest BCUT2D eigenvalue weighted by molar-refractivity contribution is 0.137. The summed E-state index contributed by atoms with van der Waals surface area (Å²) in [6.45, 7) is 0. The van der Waals surface area contributed by atoms with Crippen molar-refractivity contribution in [3.63, 3.8) is 0 Å². The van der Waals surface area contributed by atoms with E-state index in [0.717, 1.165) is 6.26 Å². The molecule has 0 aliphatic rings. The second kappa shape index (κ2) is 6.45. The monoisotopic (exact) mass is 275 g/mol. The molecule has 1 rings (SSSR count). The van der Waals surface area contributed by atoms with Crippen LogP contribution in [0.4, 0.5) is 10.5 Å². The third kappa shape index (κ3) is 7.06. The minimum Gasteiger partial charge on any atom is -0.450 e. The molecule has 0 aliphatic carbocycles. The molecule has 0 bridgehead atoms. The van der Waals surface area contributed by atoms with Crippen LogP contribution in [0.15, 0.2) is 29.2 Å². The highest BCUT2D eigenvalue weighted by atomic mass is 32.2. The summed E-state index contributed by atoms with van der Waals surface area (Å²) in [5.41, 5.74) is 5.69. The largest absolute Gasteiger partial charge is 0.503 e. The van der Waals surface area contributed by atoms with Gasteiger partial charge < -0.3 is 21.3 Å². The van der Waals surface area contributed by atoms with E-state index in [1.807, 2.05) is 0 Å². The van der Waals surface area contributed by atoms with Crippen molar-refractivity contribution in [3.8, 4) is 0 Å². The second-order valence-electron chi connectivity index (χ2n) is 3.12. The lowest BCUT2D eigenvalue weighted by atomic mass is 10.3. The summed E-state index contributed by atoms with van der Waals surface area (Å²) >= 11 is 0. The summed E-state index contributed by atoms with van der Waals surface area (Å²) in [5, 5.41) is 23.5. The fraction of sp³-hybridized carbons (Fsp3) is 0.111. The topological polar surface area (TPSA) is 154 Å². The minimum atomic E-state index is -3.16. The van der Waals surface area contributed by atoms with E-state index in [9.17, 15) is 8.42 Å². The van der Waals surface area contributed by atoms with Gasteiger partial charge >= 0.3 is 6.16 Å². The van der Waals surface area contributed by atoms with Crippen molar-refractivity contribution in [1.82, 2.24) is 0 Å². The molecule has 8 nitrogen and oxygen atoms in total. The molecular formula is C9H13N3O5S. The summed E-state index contributed by atoms with van der Waals surface area (Å²) in [6, 6.07) is 6.02. The quantitative estimate of drug-likeness (QED) is 0.391. The lowest BCUT2D eigenvalue weighted by Gasteiger charge is -2.03. The third-order valence-electron chi connectivity index (χ3n) is 1.56. The van der Waals surface area contributed by atoms with Gasteiger partial charge in [0, 0.05) is 11.9 Å². The lowest BCUT2D eigenvalue weighted by Crippen LogP contribution is -2.20. The highest BCUT2D eigenvalue weighted by molar-refractivity contribution is 7.90. The number of hydrogen-bond acceptors (Lipinski definition) is 4. The van der Waals surface area contributed by atoms with Gasteiger partial charge in [-0.3, -0.25) is 5.41 Å². The smallest absolute Gasteiger partial charge is 0.450 e. The maximum atomic E-state index is 11.1. The number of carboxylic acid groups (broad SMARTS) is 2. The Morgan fingerprint density at radius 2 is 1.67 bits per heavy atom. The third-order valence-corrected chi connectivity index (χ3v) is 2.69. The molecule has 0 aromatic heterocycles. The van der Waals surface area contributed by atoms with E-state index in [1.54, 1.807) is 12.1 Å². The van der Waals surface area contributed by atoms with Gasteiger partial charge in [-0.15, -0.1) is 0 Å². The predicted octanol–water partition coefficient (Wildman–Crippen LogP) is 0.618. The van der Waals surface area contributed by atoms with Crippen LogP contribution >= 0.6 is 0 Å². The molecular weight excluding hydrogens is 262 g/mol. The number of hydrogen-bond donors (Lipinski definition) is 5. The highest BCUT2D eigenvalue weighted by Crippen LogP contribution is 2.13. The van der Waals surface area contributed by atoms with E-state index in [2.05, 4.69) is 5.32 Å². The van der Waals surface area contributed by atoms with Gasteiger partial charge in [-0.2, -0.15) is 0 Å². The molecule has 0 saturated carbocycles. The Morgan fingerprint density at radius 1 is 1.28 bits per heavy atom. The number of nitrogens with two attached hydrogens (primary N) is 1. The first-order valence-electron chi connectivity index (χ1n) is 4.46. The van der Waals surface area contributed by atoms with E-state index < -0.39 is 16.0 Å². The Kier molecular flexibility index (Phi) is 5.63. The number of guanidine groups is 1. The van der Waals surface area contributed by atoms with Gasteiger partial charge in [0.05, 0.1) is 4.90 Å². The van der Waals surface area contributed by atoms with E-state index >= 15 is 0 Å². The zero-order chi connectivity index (χ0) is 14.3. The molecule has 1 aromatic rings. The molecule has 0 heterocycles. The van der Waals surface area contributed by atoms with Crippen LogP contribution in [0.2, 0.25) is 0 Å². The van der Waals surface area contributed by atoms with Crippen LogP contribution in [-0.4, -0.2) is 37.0 Å². The molecule has 6 N–H and O–H groups in total. The first-order chi connectivity index (χ1) is 8.12. The van der Waals surface area contributed by atoms with Crippen LogP contribution in [0.3, 0.4) is 0 Å².